The number of nitrogens with zero attached hydrogens (tertiary/aromatic N) is 2. The second-order valence-electron chi connectivity index (χ2n) is 7.06. The SMILES string of the molecule is O=C(Oc1ccccc1)N1CCCN(CCCOCCc2ccccc2)CC1. The van der Waals surface area contributed by atoms with Crippen LogP contribution in [0.5, 0.6) is 5.75 Å². The molecule has 3 rings (SSSR count). The molecule has 0 unspecified atom stereocenters. The zero-order chi connectivity index (χ0) is 19.4. The third-order valence-electron chi connectivity index (χ3n) is 4.94. The number of carbonyl (C=O) groups excluding carboxylic acids is 1. The van der Waals surface area contributed by atoms with Gasteiger partial charge in [0.05, 0.1) is 6.61 Å². The number of ether oxygens (including phenoxy) is 2. The lowest BCUT2D eigenvalue weighted by atomic mass is 10.2. The molecule has 5 heteroatoms. The van der Waals surface area contributed by atoms with Crippen LogP contribution in [-0.4, -0.2) is 61.8 Å². The van der Waals surface area contributed by atoms with E-state index in [1.54, 1.807) is 12.1 Å². The first-order valence-electron chi connectivity index (χ1n) is 10.2. The highest BCUT2D eigenvalue weighted by Gasteiger charge is 2.20. The van der Waals surface area contributed by atoms with Crippen molar-refractivity contribution in [2.24, 2.45) is 0 Å². The van der Waals surface area contributed by atoms with Crippen LogP contribution in [0.3, 0.4) is 0 Å². The van der Waals surface area contributed by atoms with Gasteiger partial charge in [0.15, 0.2) is 0 Å². The van der Waals surface area contributed by atoms with E-state index in [9.17, 15) is 4.79 Å². The highest BCUT2D eigenvalue weighted by Crippen LogP contribution is 2.12. The predicted octanol–water partition coefficient (Wildman–Crippen LogP) is 3.84. The molecular weight excluding hydrogens is 352 g/mol. The molecule has 1 amide bonds. The maximum absolute atomic E-state index is 12.3. The van der Waals surface area contributed by atoms with E-state index >= 15 is 0 Å². The maximum atomic E-state index is 12.3. The first-order chi connectivity index (χ1) is 13.8. The van der Waals surface area contributed by atoms with Gasteiger partial charge in [-0.15, -0.1) is 0 Å². The summed E-state index contributed by atoms with van der Waals surface area (Å²) in [6, 6.07) is 19.7. The predicted molar refractivity (Wildman–Crippen MR) is 111 cm³/mol. The van der Waals surface area contributed by atoms with Crippen LogP contribution in [-0.2, 0) is 11.2 Å². The molecule has 1 fully saturated rings. The lowest BCUT2D eigenvalue weighted by molar-refractivity contribution is 0.123. The highest BCUT2D eigenvalue weighted by molar-refractivity contribution is 5.70. The third-order valence-corrected chi connectivity index (χ3v) is 4.94. The largest absolute Gasteiger partial charge is 0.415 e. The molecule has 150 valence electrons. The molecule has 1 heterocycles. The molecule has 2 aromatic carbocycles. The molecule has 28 heavy (non-hydrogen) atoms. The summed E-state index contributed by atoms with van der Waals surface area (Å²) in [5.74, 6) is 0.598. The van der Waals surface area contributed by atoms with Crippen LogP contribution in [0, 0.1) is 0 Å². The van der Waals surface area contributed by atoms with Gasteiger partial charge in [-0.1, -0.05) is 48.5 Å². The van der Waals surface area contributed by atoms with E-state index in [-0.39, 0.29) is 6.09 Å². The van der Waals surface area contributed by atoms with E-state index in [0.29, 0.717) is 12.3 Å². The molecule has 1 saturated heterocycles. The van der Waals surface area contributed by atoms with Gasteiger partial charge in [-0.25, -0.2) is 4.79 Å². The highest BCUT2D eigenvalue weighted by atomic mass is 16.6. The van der Waals surface area contributed by atoms with Crippen molar-refractivity contribution in [3.8, 4) is 5.75 Å². The fraction of sp³-hybridized carbons (Fsp3) is 0.435. The zero-order valence-corrected chi connectivity index (χ0v) is 16.5. The average molecular weight is 383 g/mol. The topological polar surface area (TPSA) is 42.0 Å². The molecule has 1 aliphatic heterocycles. The van der Waals surface area contributed by atoms with Gasteiger partial charge in [0.2, 0.25) is 0 Å². The van der Waals surface area contributed by atoms with Crippen LogP contribution in [0.2, 0.25) is 0 Å². The zero-order valence-electron chi connectivity index (χ0n) is 16.5. The summed E-state index contributed by atoms with van der Waals surface area (Å²) in [5.41, 5.74) is 1.32. The Morgan fingerprint density at radius 1 is 0.857 bits per heavy atom. The Kier molecular flexibility index (Phi) is 8.34. The average Bonchev–Trinajstić information content (AvgIpc) is 2.98. The molecule has 2 aromatic rings. The van der Waals surface area contributed by atoms with Crippen LogP contribution < -0.4 is 4.74 Å². The monoisotopic (exact) mass is 382 g/mol. The van der Waals surface area contributed by atoms with Crippen molar-refractivity contribution < 1.29 is 14.3 Å². The Morgan fingerprint density at radius 2 is 1.61 bits per heavy atom. The van der Waals surface area contributed by atoms with Crippen molar-refractivity contribution in [1.82, 2.24) is 9.80 Å². The minimum Gasteiger partial charge on any atom is -0.410 e. The summed E-state index contributed by atoms with van der Waals surface area (Å²) in [4.78, 5) is 16.6. The lowest BCUT2D eigenvalue weighted by Gasteiger charge is -2.21. The fourth-order valence-corrected chi connectivity index (χ4v) is 3.36. The Balaban J connectivity index is 1.29. The van der Waals surface area contributed by atoms with Gasteiger partial charge in [-0.3, -0.25) is 0 Å². The van der Waals surface area contributed by atoms with Gasteiger partial charge in [0, 0.05) is 32.8 Å². The minimum absolute atomic E-state index is 0.253. The van der Waals surface area contributed by atoms with E-state index < -0.39 is 0 Å². The third kappa shape index (κ3) is 6.98. The molecule has 0 aliphatic carbocycles. The summed E-state index contributed by atoms with van der Waals surface area (Å²) in [5, 5.41) is 0. The molecule has 0 bridgehead atoms. The van der Waals surface area contributed by atoms with Gasteiger partial charge in [-0.05, 0) is 43.5 Å². The van der Waals surface area contributed by atoms with Gasteiger partial charge in [0.1, 0.15) is 5.75 Å². The van der Waals surface area contributed by atoms with Crippen LogP contribution in [0.4, 0.5) is 4.79 Å². The van der Waals surface area contributed by atoms with Crippen LogP contribution in [0.25, 0.3) is 0 Å². The van der Waals surface area contributed by atoms with E-state index in [1.807, 2.05) is 29.2 Å². The Labute approximate surface area is 167 Å². The number of benzene rings is 2. The van der Waals surface area contributed by atoms with Crippen molar-refractivity contribution in [3.63, 3.8) is 0 Å². The van der Waals surface area contributed by atoms with Crippen molar-refractivity contribution in [2.45, 2.75) is 19.3 Å². The molecule has 0 saturated carbocycles. The quantitative estimate of drug-likeness (QED) is 0.651. The molecule has 5 nitrogen and oxygen atoms in total. The van der Waals surface area contributed by atoms with Gasteiger partial charge in [0.25, 0.3) is 0 Å². The summed E-state index contributed by atoms with van der Waals surface area (Å²) < 4.78 is 11.2. The molecule has 0 aromatic heterocycles. The number of hydrogen-bond acceptors (Lipinski definition) is 4. The van der Waals surface area contributed by atoms with Crippen molar-refractivity contribution in [1.29, 1.82) is 0 Å². The summed E-state index contributed by atoms with van der Waals surface area (Å²) in [6.07, 6.45) is 2.70. The number of rotatable bonds is 8. The first kappa shape index (κ1) is 20.4. The number of para-hydroxylation sites is 1. The van der Waals surface area contributed by atoms with Crippen LogP contribution in [0.15, 0.2) is 60.7 Å². The van der Waals surface area contributed by atoms with E-state index in [0.717, 1.165) is 58.7 Å². The molecule has 1 aliphatic rings. The fourth-order valence-electron chi connectivity index (χ4n) is 3.36. The second kappa shape index (κ2) is 11.5. The molecule has 0 spiro atoms. The van der Waals surface area contributed by atoms with Crippen LogP contribution in [0.1, 0.15) is 18.4 Å². The first-order valence-corrected chi connectivity index (χ1v) is 10.2. The molecule has 0 radical (unpaired) electrons. The van der Waals surface area contributed by atoms with Gasteiger partial charge >= 0.3 is 6.09 Å². The Bertz CT molecular complexity index is 694. The summed E-state index contributed by atoms with van der Waals surface area (Å²) in [6.45, 7) is 5.91. The normalized spacial score (nSPS) is 15.2. The molecular formula is C23H30N2O3. The second-order valence-corrected chi connectivity index (χ2v) is 7.06. The summed E-state index contributed by atoms with van der Waals surface area (Å²) in [7, 11) is 0. The van der Waals surface area contributed by atoms with Crippen molar-refractivity contribution in [2.75, 3.05) is 45.9 Å². The van der Waals surface area contributed by atoms with Gasteiger partial charge in [-0.2, -0.15) is 0 Å². The summed E-state index contributed by atoms with van der Waals surface area (Å²) >= 11 is 0. The number of carbonyl (C=O) groups is 1. The lowest BCUT2D eigenvalue weighted by Crippen LogP contribution is -2.37. The van der Waals surface area contributed by atoms with E-state index in [2.05, 4.69) is 29.2 Å². The van der Waals surface area contributed by atoms with E-state index in [4.69, 9.17) is 9.47 Å². The van der Waals surface area contributed by atoms with Crippen LogP contribution >= 0.6 is 0 Å². The van der Waals surface area contributed by atoms with Gasteiger partial charge < -0.3 is 19.3 Å². The smallest absolute Gasteiger partial charge is 0.410 e. The number of hydrogen-bond donors (Lipinski definition) is 0. The molecule has 0 N–H and O–H groups in total. The Hall–Kier alpha value is -2.37. The minimum atomic E-state index is -0.253. The Morgan fingerprint density at radius 3 is 2.39 bits per heavy atom. The number of amides is 1. The van der Waals surface area contributed by atoms with E-state index in [1.165, 1.54) is 5.56 Å². The van der Waals surface area contributed by atoms with Crippen molar-refractivity contribution in [3.05, 3.63) is 66.2 Å². The molecule has 0 atom stereocenters. The van der Waals surface area contributed by atoms with Crippen molar-refractivity contribution >= 4 is 6.09 Å². The maximum Gasteiger partial charge on any atom is 0.415 e. The standard InChI is InChI=1S/C23H30N2O3/c26-23(28-22-11-5-2-6-12-22)25-16-7-14-24(17-18-25)15-8-19-27-20-13-21-9-3-1-4-10-21/h1-6,9-12H,7-8,13-20H2.